The van der Waals surface area contributed by atoms with E-state index in [4.69, 9.17) is 9.47 Å². The first-order valence-electron chi connectivity index (χ1n) is 11.5. The molecule has 0 bridgehead atoms. The smallest absolute Gasteiger partial charge is 0.347 e. The van der Waals surface area contributed by atoms with Crippen LogP contribution in [0.5, 0.6) is 17.2 Å². The zero-order chi connectivity index (χ0) is 23.9. The number of carboxylic acid groups (broad SMARTS) is 1. The Morgan fingerprint density at radius 2 is 1.85 bits per heavy atom. The molecule has 3 aromatic carbocycles. The number of carbonyl (C=O) groups is 1. The van der Waals surface area contributed by atoms with Gasteiger partial charge in [0.2, 0.25) is 5.60 Å². The average molecular weight is 449 g/mol. The van der Waals surface area contributed by atoms with Crippen molar-refractivity contribution in [3.63, 3.8) is 0 Å². The van der Waals surface area contributed by atoms with Crippen molar-refractivity contribution >= 4 is 16.7 Å². The highest BCUT2D eigenvalue weighted by Crippen LogP contribution is 2.41. The van der Waals surface area contributed by atoms with Crippen LogP contribution < -0.4 is 9.47 Å². The molecule has 3 aromatic rings. The summed E-state index contributed by atoms with van der Waals surface area (Å²) in [6.45, 7) is 9.33. The summed E-state index contributed by atoms with van der Waals surface area (Å²) in [7, 11) is 0. The van der Waals surface area contributed by atoms with Crippen molar-refractivity contribution in [2.75, 3.05) is 0 Å². The summed E-state index contributed by atoms with van der Waals surface area (Å²) in [6.07, 6.45) is 2.00. The fourth-order valence-electron chi connectivity index (χ4n) is 5.00. The lowest BCUT2D eigenvalue weighted by Crippen LogP contribution is -2.45. The summed E-state index contributed by atoms with van der Waals surface area (Å²) in [4.78, 5) is 12.4. The molecule has 0 saturated heterocycles. The van der Waals surface area contributed by atoms with E-state index in [1.54, 1.807) is 6.92 Å². The third-order valence-electron chi connectivity index (χ3n) is 7.16. The lowest BCUT2D eigenvalue weighted by molar-refractivity contribution is -0.155. The number of phenolic OH excluding ortho intramolecular Hbond substituents is 1. The van der Waals surface area contributed by atoms with Gasteiger partial charge in [0, 0.05) is 11.8 Å². The van der Waals surface area contributed by atoms with Crippen LogP contribution in [0.3, 0.4) is 0 Å². The summed E-state index contributed by atoms with van der Waals surface area (Å²) in [5.41, 5.74) is 2.18. The van der Waals surface area contributed by atoms with Crippen molar-refractivity contribution in [1.29, 1.82) is 0 Å². The monoisotopic (exact) mass is 448 g/mol. The molecule has 1 heterocycles. The Kier molecular flexibility index (Phi) is 6.00. The van der Waals surface area contributed by atoms with E-state index in [2.05, 4.69) is 6.07 Å². The number of hydrogen-bond donors (Lipinski definition) is 2. The summed E-state index contributed by atoms with van der Waals surface area (Å²) in [6, 6.07) is 13.6. The second-order valence-electron chi connectivity index (χ2n) is 9.52. The quantitative estimate of drug-likeness (QED) is 0.476. The minimum Gasteiger partial charge on any atom is -0.507 e. The van der Waals surface area contributed by atoms with Crippen molar-refractivity contribution in [2.24, 2.45) is 5.92 Å². The molecule has 0 aliphatic carbocycles. The Morgan fingerprint density at radius 3 is 2.58 bits per heavy atom. The first kappa shape index (κ1) is 23.0. The van der Waals surface area contributed by atoms with E-state index in [-0.39, 0.29) is 17.8 Å². The molecule has 33 heavy (non-hydrogen) atoms. The van der Waals surface area contributed by atoms with Crippen molar-refractivity contribution in [3.05, 3.63) is 64.7 Å². The predicted octanol–water partition coefficient (Wildman–Crippen LogP) is 6.11. The van der Waals surface area contributed by atoms with Gasteiger partial charge in [-0.15, -0.1) is 0 Å². The predicted molar refractivity (Wildman–Crippen MR) is 129 cm³/mol. The summed E-state index contributed by atoms with van der Waals surface area (Å²) in [5, 5.41) is 22.4. The first-order valence-corrected chi connectivity index (χ1v) is 11.5. The van der Waals surface area contributed by atoms with Crippen LogP contribution in [0.4, 0.5) is 0 Å². The van der Waals surface area contributed by atoms with Gasteiger partial charge in [-0.05, 0) is 86.2 Å². The van der Waals surface area contributed by atoms with Crippen molar-refractivity contribution in [1.82, 2.24) is 0 Å². The van der Waals surface area contributed by atoms with Crippen molar-refractivity contribution < 1.29 is 24.5 Å². The molecule has 0 radical (unpaired) electrons. The van der Waals surface area contributed by atoms with Crippen LogP contribution >= 0.6 is 0 Å². The van der Waals surface area contributed by atoms with E-state index in [0.29, 0.717) is 12.2 Å². The van der Waals surface area contributed by atoms with Gasteiger partial charge in [0.15, 0.2) is 0 Å². The van der Waals surface area contributed by atoms with E-state index < -0.39 is 11.6 Å². The maximum atomic E-state index is 12.4. The lowest BCUT2D eigenvalue weighted by Gasteiger charge is -2.35. The third-order valence-corrected chi connectivity index (χ3v) is 7.16. The minimum absolute atomic E-state index is 0.0250. The summed E-state index contributed by atoms with van der Waals surface area (Å²) >= 11 is 0. The van der Waals surface area contributed by atoms with E-state index in [1.807, 2.05) is 64.1 Å². The van der Waals surface area contributed by atoms with Crippen LogP contribution in [0.15, 0.2) is 42.5 Å². The SMILES string of the molecule is Cc1c(O)c(C)c2cccc(O[C@](C)(CC(C)C3CCc4ccccc4O3)C(=O)O)c2c1C. The number of para-hydroxylation sites is 1. The van der Waals surface area contributed by atoms with E-state index in [0.717, 1.165) is 46.1 Å². The standard InChI is InChI=1S/C28H32O5/c1-16(22-14-13-20-9-6-7-11-23(20)32-22)15-28(5,27(30)31)33-24-12-8-10-21-19(4)26(29)18(3)17(2)25(21)24/h6-12,16,22,29H,13-15H2,1-5H3,(H,30,31)/t16?,22?,28-/m1/s1. The molecule has 0 amide bonds. The van der Waals surface area contributed by atoms with Crippen LogP contribution in [0.2, 0.25) is 0 Å². The molecule has 0 aromatic heterocycles. The normalized spacial score (nSPS) is 18.2. The second-order valence-corrected chi connectivity index (χ2v) is 9.52. The van der Waals surface area contributed by atoms with Gasteiger partial charge in [-0.25, -0.2) is 4.79 Å². The molecule has 0 fully saturated rings. The van der Waals surface area contributed by atoms with Crippen LogP contribution in [0.1, 0.15) is 48.9 Å². The molecule has 4 rings (SSSR count). The summed E-state index contributed by atoms with van der Waals surface area (Å²) in [5.74, 6) is 0.633. The molecule has 1 aliphatic heterocycles. The van der Waals surface area contributed by atoms with Crippen molar-refractivity contribution in [3.8, 4) is 17.2 Å². The number of aryl methyl sites for hydroxylation is 3. The molecular formula is C28H32O5. The largest absolute Gasteiger partial charge is 0.507 e. The Hall–Kier alpha value is -3.21. The van der Waals surface area contributed by atoms with Gasteiger partial charge in [-0.1, -0.05) is 37.3 Å². The zero-order valence-corrected chi connectivity index (χ0v) is 19.9. The molecule has 0 saturated carbocycles. The molecule has 3 atom stereocenters. The number of aliphatic carboxylic acids is 1. The van der Waals surface area contributed by atoms with Crippen LogP contribution in [-0.2, 0) is 11.2 Å². The fourth-order valence-corrected chi connectivity index (χ4v) is 5.00. The fraction of sp³-hybridized carbons (Fsp3) is 0.393. The minimum atomic E-state index is -1.43. The molecule has 2 unspecified atom stereocenters. The number of benzene rings is 3. The first-order chi connectivity index (χ1) is 15.6. The Balaban J connectivity index is 1.64. The molecular weight excluding hydrogens is 416 g/mol. The average Bonchev–Trinajstić information content (AvgIpc) is 2.80. The second kappa shape index (κ2) is 8.62. The Labute approximate surface area is 195 Å². The van der Waals surface area contributed by atoms with Gasteiger partial charge in [0.05, 0.1) is 0 Å². The number of phenols is 1. The Bertz CT molecular complexity index is 1210. The summed E-state index contributed by atoms with van der Waals surface area (Å²) < 4.78 is 12.5. The van der Waals surface area contributed by atoms with Crippen LogP contribution in [0, 0.1) is 26.7 Å². The highest BCUT2D eigenvalue weighted by Gasteiger charge is 2.40. The molecule has 5 heteroatoms. The maximum Gasteiger partial charge on any atom is 0.347 e. The lowest BCUT2D eigenvalue weighted by atomic mass is 9.85. The van der Waals surface area contributed by atoms with Crippen LogP contribution in [-0.4, -0.2) is 27.9 Å². The highest BCUT2D eigenvalue weighted by atomic mass is 16.5. The van der Waals surface area contributed by atoms with Gasteiger partial charge in [0.25, 0.3) is 0 Å². The zero-order valence-electron chi connectivity index (χ0n) is 19.9. The number of rotatable bonds is 6. The van der Waals surface area contributed by atoms with Crippen molar-refractivity contribution in [2.45, 2.75) is 65.6 Å². The highest BCUT2D eigenvalue weighted by molar-refractivity contribution is 5.96. The number of fused-ring (bicyclic) bond motifs is 2. The number of carboxylic acids is 1. The van der Waals surface area contributed by atoms with E-state index in [9.17, 15) is 15.0 Å². The van der Waals surface area contributed by atoms with Gasteiger partial charge < -0.3 is 19.7 Å². The van der Waals surface area contributed by atoms with Gasteiger partial charge in [0.1, 0.15) is 23.4 Å². The molecule has 2 N–H and O–H groups in total. The molecule has 5 nitrogen and oxygen atoms in total. The maximum absolute atomic E-state index is 12.4. The third kappa shape index (κ3) is 4.12. The molecule has 0 spiro atoms. The number of hydrogen-bond acceptors (Lipinski definition) is 4. The van der Waals surface area contributed by atoms with Gasteiger partial charge in [-0.2, -0.15) is 0 Å². The molecule has 174 valence electrons. The number of aromatic hydroxyl groups is 1. The van der Waals surface area contributed by atoms with Gasteiger partial charge >= 0.3 is 5.97 Å². The van der Waals surface area contributed by atoms with Gasteiger partial charge in [-0.3, -0.25) is 0 Å². The van der Waals surface area contributed by atoms with E-state index >= 15 is 0 Å². The molecule has 1 aliphatic rings. The number of ether oxygens (including phenoxy) is 2. The van der Waals surface area contributed by atoms with E-state index in [1.165, 1.54) is 5.56 Å². The van der Waals surface area contributed by atoms with Crippen LogP contribution in [0.25, 0.3) is 10.8 Å². The Morgan fingerprint density at radius 1 is 1.12 bits per heavy atom. The topological polar surface area (TPSA) is 76.0 Å².